The minimum atomic E-state index is 0.121. The van der Waals surface area contributed by atoms with E-state index < -0.39 is 0 Å². The summed E-state index contributed by atoms with van der Waals surface area (Å²) in [6, 6.07) is 14.4. The molecular weight excluding hydrogens is 246 g/mol. The summed E-state index contributed by atoms with van der Waals surface area (Å²) in [7, 11) is 0. The van der Waals surface area contributed by atoms with Gasteiger partial charge in [0.25, 0.3) is 5.91 Å². The summed E-state index contributed by atoms with van der Waals surface area (Å²) in [5, 5.41) is 0. The van der Waals surface area contributed by atoms with Gasteiger partial charge in [0.2, 0.25) is 0 Å². The van der Waals surface area contributed by atoms with Crippen LogP contribution in [0, 0.1) is 6.92 Å². The molecule has 3 rings (SSSR count). The van der Waals surface area contributed by atoms with Crippen molar-refractivity contribution in [1.29, 1.82) is 0 Å². The van der Waals surface area contributed by atoms with Crippen molar-refractivity contribution in [2.75, 3.05) is 4.90 Å². The van der Waals surface area contributed by atoms with E-state index in [1.165, 1.54) is 5.56 Å². The van der Waals surface area contributed by atoms with Gasteiger partial charge in [-0.15, -0.1) is 0 Å². The third-order valence-electron chi connectivity index (χ3n) is 4.02. The number of fused-ring (bicyclic) bond motifs is 1. The number of benzene rings is 2. The summed E-state index contributed by atoms with van der Waals surface area (Å²) in [4.78, 5) is 14.4. The van der Waals surface area contributed by atoms with Crippen LogP contribution in [0.1, 0.15) is 46.8 Å². The van der Waals surface area contributed by atoms with Gasteiger partial charge in [-0.1, -0.05) is 44.2 Å². The van der Waals surface area contributed by atoms with E-state index in [9.17, 15) is 4.79 Å². The van der Waals surface area contributed by atoms with Gasteiger partial charge in [0, 0.05) is 11.3 Å². The van der Waals surface area contributed by atoms with Crippen molar-refractivity contribution in [3.63, 3.8) is 0 Å². The van der Waals surface area contributed by atoms with Crippen molar-refractivity contribution in [2.45, 2.75) is 33.2 Å². The van der Waals surface area contributed by atoms with Crippen LogP contribution < -0.4 is 4.90 Å². The smallest absolute Gasteiger partial charge is 0.259 e. The van der Waals surface area contributed by atoms with Crippen molar-refractivity contribution in [2.24, 2.45) is 0 Å². The molecule has 0 saturated carbocycles. The van der Waals surface area contributed by atoms with Crippen molar-refractivity contribution in [1.82, 2.24) is 0 Å². The van der Waals surface area contributed by atoms with Gasteiger partial charge in [-0.05, 0) is 41.7 Å². The SMILES string of the molecule is Cc1cccc2c1C(=O)N(c1ccc(C(C)C)cc1)C2. The van der Waals surface area contributed by atoms with Crippen molar-refractivity contribution >= 4 is 11.6 Å². The molecule has 102 valence electrons. The van der Waals surface area contributed by atoms with E-state index in [0.29, 0.717) is 12.5 Å². The molecule has 1 amide bonds. The van der Waals surface area contributed by atoms with Gasteiger partial charge in [-0.3, -0.25) is 4.79 Å². The van der Waals surface area contributed by atoms with Crippen LogP contribution in [0.5, 0.6) is 0 Å². The fourth-order valence-electron chi connectivity index (χ4n) is 2.79. The zero-order valence-corrected chi connectivity index (χ0v) is 12.2. The third kappa shape index (κ3) is 2.01. The Morgan fingerprint density at radius 1 is 1.05 bits per heavy atom. The van der Waals surface area contributed by atoms with Crippen LogP contribution in [-0.4, -0.2) is 5.91 Å². The van der Waals surface area contributed by atoms with Crippen LogP contribution in [0.25, 0.3) is 0 Å². The van der Waals surface area contributed by atoms with Crippen molar-refractivity contribution in [3.8, 4) is 0 Å². The van der Waals surface area contributed by atoms with Crippen LogP contribution in [0.3, 0.4) is 0 Å². The Kier molecular flexibility index (Phi) is 3.09. The predicted octanol–water partition coefficient (Wildman–Crippen LogP) is 4.28. The van der Waals surface area contributed by atoms with Crippen molar-refractivity contribution < 1.29 is 4.79 Å². The number of amides is 1. The zero-order valence-electron chi connectivity index (χ0n) is 12.2. The Hall–Kier alpha value is -2.09. The Balaban J connectivity index is 1.94. The lowest BCUT2D eigenvalue weighted by Gasteiger charge is -2.17. The highest BCUT2D eigenvalue weighted by molar-refractivity contribution is 6.10. The second kappa shape index (κ2) is 4.78. The number of aryl methyl sites for hydroxylation is 1. The summed E-state index contributed by atoms with van der Waals surface area (Å²) in [6.07, 6.45) is 0. The maximum absolute atomic E-state index is 12.6. The summed E-state index contributed by atoms with van der Waals surface area (Å²) < 4.78 is 0. The lowest BCUT2D eigenvalue weighted by atomic mass is 10.0. The van der Waals surface area contributed by atoms with Gasteiger partial charge in [0.1, 0.15) is 0 Å². The molecular formula is C18H19NO. The molecule has 0 bridgehead atoms. The molecule has 20 heavy (non-hydrogen) atoms. The molecule has 2 aromatic carbocycles. The molecule has 0 spiro atoms. The van der Waals surface area contributed by atoms with E-state index in [1.807, 2.05) is 30.0 Å². The molecule has 0 aliphatic carbocycles. The second-order valence-corrected chi connectivity index (χ2v) is 5.75. The fourth-order valence-corrected chi connectivity index (χ4v) is 2.79. The molecule has 1 aliphatic heterocycles. The first-order valence-corrected chi connectivity index (χ1v) is 7.08. The highest BCUT2D eigenvalue weighted by atomic mass is 16.2. The maximum Gasteiger partial charge on any atom is 0.259 e. The molecule has 0 unspecified atom stereocenters. The molecule has 0 aromatic heterocycles. The average molecular weight is 265 g/mol. The average Bonchev–Trinajstić information content (AvgIpc) is 2.77. The van der Waals surface area contributed by atoms with Crippen LogP contribution in [0.2, 0.25) is 0 Å². The number of rotatable bonds is 2. The second-order valence-electron chi connectivity index (χ2n) is 5.75. The van der Waals surface area contributed by atoms with Crippen molar-refractivity contribution in [3.05, 3.63) is 64.7 Å². The van der Waals surface area contributed by atoms with Gasteiger partial charge >= 0.3 is 0 Å². The molecule has 1 heterocycles. The highest BCUT2D eigenvalue weighted by Gasteiger charge is 2.29. The van der Waals surface area contributed by atoms with E-state index in [-0.39, 0.29) is 5.91 Å². The number of nitrogens with zero attached hydrogens (tertiary/aromatic N) is 1. The van der Waals surface area contributed by atoms with Crippen LogP contribution in [0.4, 0.5) is 5.69 Å². The Morgan fingerprint density at radius 3 is 2.35 bits per heavy atom. The highest BCUT2D eigenvalue weighted by Crippen LogP contribution is 2.30. The molecule has 1 aliphatic rings. The largest absolute Gasteiger partial charge is 0.304 e. The van der Waals surface area contributed by atoms with E-state index >= 15 is 0 Å². The lowest BCUT2D eigenvalue weighted by molar-refractivity contribution is 0.0996. The van der Waals surface area contributed by atoms with E-state index in [4.69, 9.17) is 0 Å². The Bertz CT molecular complexity index is 656. The molecule has 2 nitrogen and oxygen atoms in total. The maximum atomic E-state index is 12.6. The molecule has 2 aromatic rings. The lowest BCUT2D eigenvalue weighted by Crippen LogP contribution is -2.23. The van der Waals surface area contributed by atoms with Crippen LogP contribution in [-0.2, 0) is 6.54 Å². The Labute approximate surface area is 120 Å². The number of anilines is 1. The minimum absolute atomic E-state index is 0.121. The van der Waals surface area contributed by atoms with Gasteiger partial charge in [-0.25, -0.2) is 0 Å². The summed E-state index contributed by atoms with van der Waals surface area (Å²) in [6.45, 7) is 7.03. The summed E-state index contributed by atoms with van der Waals surface area (Å²) >= 11 is 0. The topological polar surface area (TPSA) is 20.3 Å². The number of hydrogen-bond acceptors (Lipinski definition) is 1. The van der Waals surface area contributed by atoms with E-state index in [0.717, 1.165) is 22.4 Å². The first-order chi connectivity index (χ1) is 9.58. The third-order valence-corrected chi connectivity index (χ3v) is 4.02. The molecule has 0 saturated heterocycles. The molecule has 0 N–H and O–H groups in total. The Morgan fingerprint density at radius 2 is 1.75 bits per heavy atom. The van der Waals surface area contributed by atoms with Gasteiger partial charge in [0.15, 0.2) is 0 Å². The quantitative estimate of drug-likeness (QED) is 0.793. The molecule has 2 heteroatoms. The van der Waals surface area contributed by atoms with Crippen LogP contribution >= 0.6 is 0 Å². The fraction of sp³-hybridized carbons (Fsp3) is 0.278. The van der Waals surface area contributed by atoms with Gasteiger partial charge in [-0.2, -0.15) is 0 Å². The van der Waals surface area contributed by atoms with Gasteiger partial charge in [0.05, 0.1) is 6.54 Å². The zero-order chi connectivity index (χ0) is 14.3. The van der Waals surface area contributed by atoms with Gasteiger partial charge < -0.3 is 4.90 Å². The minimum Gasteiger partial charge on any atom is -0.304 e. The molecule has 0 atom stereocenters. The number of carbonyl (C=O) groups excluding carboxylic acids is 1. The predicted molar refractivity (Wildman–Crippen MR) is 82.2 cm³/mol. The molecule has 0 radical (unpaired) electrons. The number of hydrogen-bond donors (Lipinski definition) is 0. The van der Waals surface area contributed by atoms with Crippen LogP contribution in [0.15, 0.2) is 42.5 Å². The first-order valence-electron chi connectivity index (χ1n) is 7.08. The first kappa shape index (κ1) is 12.9. The number of carbonyl (C=O) groups is 1. The monoisotopic (exact) mass is 265 g/mol. The normalized spacial score (nSPS) is 14.0. The van der Waals surface area contributed by atoms with E-state index in [1.54, 1.807) is 0 Å². The summed E-state index contributed by atoms with van der Waals surface area (Å²) in [5.74, 6) is 0.633. The van der Waals surface area contributed by atoms with E-state index in [2.05, 4.69) is 38.1 Å². The molecule has 0 fully saturated rings. The standard InChI is InChI=1S/C18H19NO/c1-12(2)14-7-9-16(10-8-14)19-11-15-6-4-5-13(3)17(15)18(19)20/h4-10,12H,11H2,1-3H3. The summed E-state index contributed by atoms with van der Waals surface area (Å²) in [5.41, 5.74) is 5.35.